The van der Waals surface area contributed by atoms with E-state index in [1.807, 2.05) is 0 Å². The number of pyridine rings is 1. The van der Waals surface area contributed by atoms with E-state index in [9.17, 15) is 27.9 Å². The number of aryl methyl sites for hydroxylation is 2. The summed E-state index contributed by atoms with van der Waals surface area (Å²) in [7, 11) is 1.52. The maximum absolute atomic E-state index is 13.2. The number of carbonyl (C=O) groups excluding carboxylic acids is 2. The molecule has 35 heavy (non-hydrogen) atoms. The monoisotopic (exact) mass is 493 g/mol. The fraction of sp³-hybridized carbons (Fsp3) is 0.381. The highest BCUT2D eigenvalue weighted by molar-refractivity contribution is 6.00. The second-order valence-corrected chi connectivity index (χ2v) is 8.01. The summed E-state index contributed by atoms with van der Waals surface area (Å²) >= 11 is 0. The van der Waals surface area contributed by atoms with Crippen LogP contribution in [0.5, 0.6) is 0 Å². The second-order valence-electron chi connectivity index (χ2n) is 8.01. The van der Waals surface area contributed by atoms with Crippen molar-refractivity contribution in [3.63, 3.8) is 0 Å². The summed E-state index contributed by atoms with van der Waals surface area (Å²) in [6, 6.07) is 3.90. The van der Waals surface area contributed by atoms with Gasteiger partial charge in [0.05, 0.1) is 12.9 Å². The molecule has 4 rings (SSSR count). The van der Waals surface area contributed by atoms with Gasteiger partial charge in [0.1, 0.15) is 29.5 Å². The molecule has 186 valence electrons. The molecule has 2 N–H and O–H groups in total. The van der Waals surface area contributed by atoms with Gasteiger partial charge in [-0.25, -0.2) is 9.97 Å². The lowest BCUT2D eigenvalue weighted by Gasteiger charge is -2.38. The standard InChI is InChI=1S/C21H22F3N7O4/c1-4-12-6-14(21(22,23)24)26-15(7-12)27-16(32)9-30-10-25-18-17(30)19(33)31(20(34)29(18)3)8-13-5-11(2)35-28-13/h5-7,10,20,34H,4,8-9H2,1-3H3,(H,26,27,32). The Bertz CT molecular complexity index is 1270. The van der Waals surface area contributed by atoms with Gasteiger partial charge in [0.2, 0.25) is 12.3 Å². The minimum absolute atomic E-state index is 0.0272. The van der Waals surface area contributed by atoms with Crippen LogP contribution in [0.25, 0.3) is 0 Å². The molecule has 0 saturated heterocycles. The minimum atomic E-state index is -4.67. The molecule has 0 fully saturated rings. The van der Waals surface area contributed by atoms with Crippen molar-refractivity contribution in [2.24, 2.45) is 0 Å². The third kappa shape index (κ3) is 4.82. The molecular weight excluding hydrogens is 471 g/mol. The van der Waals surface area contributed by atoms with Crippen molar-refractivity contribution in [2.45, 2.75) is 45.9 Å². The second kappa shape index (κ2) is 9.02. The van der Waals surface area contributed by atoms with E-state index in [1.54, 1.807) is 19.9 Å². The summed E-state index contributed by atoms with van der Waals surface area (Å²) in [5.74, 6) is -0.892. The van der Waals surface area contributed by atoms with Gasteiger partial charge in [-0.05, 0) is 31.0 Å². The number of aliphatic hydroxyl groups excluding tert-OH is 1. The van der Waals surface area contributed by atoms with Crippen LogP contribution < -0.4 is 10.2 Å². The van der Waals surface area contributed by atoms with Crippen LogP contribution in [0.15, 0.2) is 29.0 Å². The lowest BCUT2D eigenvalue weighted by Crippen LogP contribution is -2.54. The third-order valence-electron chi connectivity index (χ3n) is 5.42. The molecule has 1 aliphatic heterocycles. The normalized spacial score (nSPS) is 16.0. The van der Waals surface area contributed by atoms with E-state index < -0.39 is 36.6 Å². The van der Waals surface area contributed by atoms with Crippen LogP contribution >= 0.6 is 0 Å². The average Bonchev–Trinajstić information content (AvgIpc) is 3.40. The topological polar surface area (TPSA) is 130 Å². The highest BCUT2D eigenvalue weighted by Gasteiger charge is 2.39. The first kappa shape index (κ1) is 24.2. The minimum Gasteiger partial charge on any atom is -0.361 e. The zero-order valence-electron chi connectivity index (χ0n) is 19.0. The number of amides is 2. The van der Waals surface area contributed by atoms with Gasteiger partial charge in [0.25, 0.3) is 5.91 Å². The summed E-state index contributed by atoms with van der Waals surface area (Å²) in [4.78, 5) is 35.9. The average molecular weight is 493 g/mol. The Kier molecular flexibility index (Phi) is 6.23. The number of nitrogens with one attached hydrogen (secondary N) is 1. The van der Waals surface area contributed by atoms with Gasteiger partial charge in [-0.2, -0.15) is 13.2 Å². The zero-order valence-corrected chi connectivity index (χ0v) is 19.0. The molecule has 0 saturated carbocycles. The first-order valence-electron chi connectivity index (χ1n) is 10.5. The number of anilines is 2. The van der Waals surface area contributed by atoms with Crippen molar-refractivity contribution < 1.29 is 32.4 Å². The molecule has 0 radical (unpaired) electrons. The molecule has 1 atom stereocenters. The largest absolute Gasteiger partial charge is 0.433 e. The Morgan fingerprint density at radius 2 is 2.03 bits per heavy atom. The Labute approximate surface area is 197 Å². The number of rotatable bonds is 6. The molecule has 1 unspecified atom stereocenters. The van der Waals surface area contributed by atoms with E-state index in [1.165, 1.54) is 28.9 Å². The lowest BCUT2D eigenvalue weighted by atomic mass is 10.1. The van der Waals surface area contributed by atoms with Gasteiger partial charge in [0.15, 0.2) is 11.5 Å². The molecule has 3 aromatic heterocycles. The van der Waals surface area contributed by atoms with Crippen molar-refractivity contribution in [3.05, 3.63) is 52.9 Å². The predicted molar refractivity (Wildman–Crippen MR) is 115 cm³/mol. The first-order valence-corrected chi connectivity index (χ1v) is 10.5. The number of aromatic nitrogens is 4. The molecule has 0 spiro atoms. The fourth-order valence-electron chi connectivity index (χ4n) is 3.69. The van der Waals surface area contributed by atoms with Crippen LogP contribution in [-0.4, -0.2) is 54.9 Å². The van der Waals surface area contributed by atoms with Crippen molar-refractivity contribution in [3.8, 4) is 0 Å². The van der Waals surface area contributed by atoms with Crippen LogP contribution in [0.3, 0.4) is 0 Å². The van der Waals surface area contributed by atoms with E-state index in [0.29, 0.717) is 23.4 Å². The number of hydrogen-bond donors (Lipinski definition) is 2. The number of hydrogen-bond acceptors (Lipinski definition) is 8. The number of carbonyl (C=O) groups is 2. The quantitative estimate of drug-likeness (QED) is 0.535. The van der Waals surface area contributed by atoms with E-state index in [0.717, 1.165) is 11.0 Å². The Hall–Kier alpha value is -3.94. The number of imidazole rings is 1. The van der Waals surface area contributed by atoms with Crippen molar-refractivity contribution in [1.29, 1.82) is 0 Å². The van der Waals surface area contributed by atoms with Crippen molar-refractivity contribution in [1.82, 2.24) is 24.6 Å². The Balaban J connectivity index is 1.56. The SMILES string of the molecule is CCc1cc(NC(=O)Cn2cnc3c2C(=O)N(Cc2cc(C)on2)C(O)N3C)nc(C(F)(F)F)c1. The lowest BCUT2D eigenvalue weighted by molar-refractivity contribution is -0.141. The molecular formula is C21H22F3N7O4. The number of nitrogens with zero attached hydrogens (tertiary/aromatic N) is 6. The number of halogens is 3. The molecule has 11 nitrogen and oxygen atoms in total. The van der Waals surface area contributed by atoms with Crippen molar-refractivity contribution >= 4 is 23.5 Å². The van der Waals surface area contributed by atoms with Gasteiger partial charge in [-0.3, -0.25) is 14.5 Å². The fourth-order valence-corrected chi connectivity index (χ4v) is 3.69. The van der Waals surface area contributed by atoms with Gasteiger partial charge in [0, 0.05) is 13.1 Å². The third-order valence-corrected chi connectivity index (χ3v) is 5.42. The smallest absolute Gasteiger partial charge is 0.361 e. The molecule has 14 heteroatoms. The molecule has 0 bridgehead atoms. The summed E-state index contributed by atoms with van der Waals surface area (Å²) in [6.45, 7) is 2.88. The summed E-state index contributed by atoms with van der Waals surface area (Å²) in [5.41, 5.74) is -0.318. The molecule has 3 aromatic rings. The summed E-state index contributed by atoms with van der Waals surface area (Å²) in [5, 5.41) is 16.8. The highest BCUT2D eigenvalue weighted by atomic mass is 19.4. The van der Waals surface area contributed by atoms with Crippen LogP contribution in [0.2, 0.25) is 0 Å². The summed E-state index contributed by atoms with van der Waals surface area (Å²) in [6.07, 6.45) is -4.46. The number of fused-ring (bicyclic) bond motifs is 1. The van der Waals surface area contributed by atoms with Gasteiger partial charge < -0.3 is 24.4 Å². The zero-order chi connectivity index (χ0) is 25.5. The Morgan fingerprint density at radius 1 is 1.29 bits per heavy atom. The van der Waals surface area contributed by atoms with Crippen LogP contribution in [0, 0.1) is 6.92 Å². The van der Waals surface area contributed by atoms with E-state index in [4.69, 9.17) is 4.52 Å². The first-order chi connectivity index (χ1) is 16.5. The maximum Gasteiger partial charge on any atom is 0.433 e. The molecule has 2 amide bonds. The highest BCUT2D eigenvalue weighted by Crippen LogP contribution is 2.31. The Morgan fingerprint density at radius 3 is 2.66 bits per heavy atom. The van der Waals surface area contributed by atoms with Crippen LogP contribution in [0.4, 0.5) is 24.8 Å². The predicted octanol–water partition coefficient (Wildman–Crippen LogP) is 2.16. The molecule has 0 aliphatic carbocycles. The van der Waals surface area contributed by atoms with E-state index in [-0.39, 0.29) is 23.9 Å². The number of aliphatic hydroxyl groups is 1. The molecule has 1 aliphatic rings. The van der Waals surface area contributed by atoms with E-state index >= 15 is 0 Å². The van der Waals surface area contributed by atoms with Crippen LogP contribution in [-0.2, 0) is 30.5 Å². The van der Waals surface area contributed by atoms with E-state index in [2.05, 4.69) is 20.4 Å². The van der Waals surface area contributed by atoms with Gasteiger partial charge >= 0.3 is 6.18 Å². The van der Waals surface area contributed by atoms with Crippen molar-refractivity contribution in [2.75, 3.05) is 17.3 Å². The summed E-state index contributed by atoms with van der Waals surface area (Å²) < 4.78 is 45.7. The van der Waals surface area contributed by atoms with Gasteiger partial charge in [-0.15, -0.1) is 0 Å². The molecule has 4 heterocycles. The maximum atomic E-state index is 13.2. The van der Waals surface area contributed by atoms with Crippen LogP contribution in [0.1, 0.15) is 40.1 Å². The number of alkyl halides is 3. The molecule has 0 aromatic carbocycles. The van der Waals surface area contributed by atoms with Gasteiger partial charge in [-0.1, -0.05) is 12.1 Å².